The summed E-state index contributed by atoms with van der Waals surface area (Å²) in [6.07, 6.45) is 5.58. The zero-order valence-corrected chi connectivity index (χ0v) is 12.6. The summed E-state index contributed by atoms with van der Waals surface area (Å²) >= 11 is -0.0586. The first-order valence-corrected chi connectivity index (χ1v) is 8.36. The number of nitrogens with one attached hydrogen (secondary N) is 1. The number of alkyl halides is 3. The maximum atomic E-state index is 12.2. The zero-order valence-electron chi connectivity index (χ0n) is 11.8. The van der Waals surface area contributed by atoms with Crippen molar-refractivity contribution in [2.24, 2.45) is 17.8 Å². The molecular formula is C16H20F3NS. The van der Waals surface area contributed by atoms with Crippen LogP contribution in [0.25, 0.3) is 0 Å². The first-order chi connectivity index (χ1) is 9.99. The molecule has 116 valence electrons. The van der Waals surface area contributed by atoms with E-state index in [9.17, 15) is 13.2 Å². The minimum absolute atomic E-state index is 0.0586. The molecule has 3 rings (SSSR count). The van der Waals surface area contributed by atoms with Crippen molar-refractivity contribution in [3.8, 4) is 0 Å². The van der Waals surface area contributed by atoms with Crippen LogP contribution in [-0.2, 0) is 6.54 Å². The summed E-state index contributed by atoms with van der Waals surface area (Å²) in [5.41, 5.74) is -3.16. The zero-order chi connectivity index (χ0) is 14.9. The lowest BCUT2D eigenvalue weighted by atomic mass is 9.89. The number of rotatable bonds is 5. The standard InChI is InChI=1S/C16H20F3NS/c17-16(18,19)21-15-5-2-11(3-6-15)9-20-10-14-8-12-1-4-13(14)7-12/h2-3,5-6,12-14,20H,1,4,7-10H2. The highest BCUT2D eigenvalue weighted by Gasteiger charge is 2.38. The van der Waals surface area contributed by atoms with E-state index in [0.717, 1.165) is 36.4 Å². The number of thioether (sulfide) groups is 1. The molecule has 1 N–H and O–H groups in total. The summed E-state index contributed by atoms with van der Waals surface area (Å²) in [7, 11) is 0. The van der Waals surface area contributed by atoms with Crippen LogP contribution in [0.5, 0.6) is 0 Å². The fourth-order valence-electron chi connectivity index (χ4n) is 3.84. The molecule has 2 fully saturated rings. The summed E-state index contributed by atoms with van der Waals surface area (Å²) in [5.74, 6) is 2.68. The smallest absolute Gasteiger partial charge is 0.312 e. The van der Waals surface area contributed by atoms with Gasteiger partial charge in [0.15, 0.2) is 0 Å². The normalized spacial score (nSPS) is 28.2. The molecule has 21 heavy (non-hydrogen) atoms. The molecule has 3 unspecified atom stereocenters. The van der Waals surface area contributed by atoms with Gasteiger partial charge in [-0.25, -0.2) is 0 Å². The minimum atomic E-state index is -4.21. The molecule has 0 aromatic heterocycles. The van der Waals surface area contributed by atoms with Gasteiger partial charge in [-0.1, -0.05) is 18.6 Å². The van der Waals surface area contributed by atoms with E-state index in [0.29, 0.717) is 0 Å². The van der Waals surface area contributed by atoms with E-state index in [1.165, 1.54) is 25.7 Å². The molecule has 0 spiro atoms. The van der Waals surface area contributed by atoms with Gasteiger partial charge in [-0.05, 0) is 73.0 Å². The van der Waals surface area contributed by atoms with Crippen molar-refractivity contribution in [1.82, 2.24) is 5.32 Å². The number of hydrogen-bond donors (Lipinski definition) is 1. The van der Waals surface area contributed by atoms with Crippen LogP contribution >= 0.6 is 11.8 Å². The van der Waals surface area contributed by atoms with E-state index in [4.69, 9.17) is 0 Å². The maximum absolute atomic E-state index is 12.2. The van der Waals surface area contributed by atoms with Gasteiger partial charge < -0.3 is 5.32 Å². The van der Waals surface area contributed by atoms with Gasteiger partial charge in [0.05, 0.1) is 0 Å². The second kappa shape index (κ2) is 6.21. The van der Waals surface area contributed by atoms with Gasteiger partial charge >= 0.3 is 5.51 Å². The minimum Gasteiger partial charge on any atom is -0.312 e. The molecular weight excluding hydrogens is 295 g/mol. The third-order valence-electron chi connectivity index (χ3n) is 4.78. The van der Waals surface area contributed by atoms with Crippen molar-refractivity contribution >= 4 is 11.8 Å². The molecule has 0 radical (unpaired) electrons. The summed E-state index contributed by atoms with van der Waals surface area (Å²) in [4.78, 5) is 0.249. The Morgan fingerprint density at radius 3 is 2.43 bits per heavy atom. The Labute approximate surface area is 127 Å². The van der Waals surface area contributed by atoms with Gasteiger partial charge in [-0.2, -0.15) is 13.2 Å². The highest BCUT2D eigenvalue weighted by molar-refractivity contribution is 8.00. The van der Waals surface area contributed by atoms with E-state index in [2.05, 4.69) is 5.32 Å². The third-order valence-corrected chi connectivity index (χ3v) is 5.52. The summed E-state index contributed by atoms with van der Waals surface area (Å²) in [5, 5.41) is 3.47. The first kappa shape index (κ1) is 15.2. The second-order valence-electron chi connectivity index (χ2n) is 6.26. The van der Waals surface area contributed by atoms with E-state index in [1.54, 1.807) is 24.3 Å². The lowest BCUT2D eigenvalue weighted by molar-refractivity contribution is -0.0328. The highest BCUT2D eigenvalue weighted by atomic mass is 32.2. The Balaban J connectivity index is 1.43. The van der Waals surface area contributed by atoms with Crippen LogP contribution < -0.4 is 5.32 Å². The second-order valence-corrected chi connectivity index (χ2v) is 7.40. The molecule has 2 saturated carbocycles. The Bertz CT molecular complexity index is 471. The number of fused-ring (bicyclic) bond motifs is 2. The fourth-order valence-corrected chi connectivity index (χ4v) is 4.38. The molecule has 1 aromatic carbocycles. The molecule has 1 aromatic rings. The van der Waals surface area contributed by atoms with Crippen molar-refractivity contribution in [3.05, 3.63) is 29.8 Å². The average Bonchev–Trinajstić information content (AvgIpc) is 3.01. The van der Waals surface area contributed by atoms with Gasteiger partial charge in [0.2, 0.25) is 0 Å². The van der Waals surface area contributed by atoms with Crippen molar-refractivity contribution in [1.29, 1.82) is 0 Å². The van der Waals surface area contributed by atoms with Crippen LogP contribution in [0, 0.1) is 17.8 Å². The lowest BCUT2D eigenvalue weighted by Crippen LogP contribution is -2.26. The Hall–Kier alpha value is -0.680. The van der Waals surface area contributed by atoms with Gasteiger partial charge in [0, 0.05) is 11.4 Å². The quantitative estimate of drug-likeness (QED) is 0.782. The summed E-state index contributed by atoms with van der Waals surface area (Å²) < 4.78 is 36.7. The monoisotopic (exact) mass is 315 g/mol. The lowest BCUT2D eigenvalue weighted by Gasteiger charge is -2.21. The highest BCUT2D eigenvalue weighted by Crippen LogP contribution is 2.47. The van der Waals surface area contributed by atoms with E-state index < -0.39 is 5.51 Å². The molecule has 2 aliphatic carbocycles. The van der Waals surface area contributed by atoms with E-state index >= 15 is 0 Å². The van der Waals surface area contributed by atoms with E-state index in [1.807, 2.05) is 0 Å². The fraction of sp³-hybridized carbons (Fsp3) is 0.625. The Kier molecular flexibility index (Phi) is 4.50. The summed E-state index contributed by atoms with van der Waals surface area (Å²) in [6, 6.07) is 6.66. The van der Waals surface area contributed by atoms with Crippen LogP contribution in [0.2, 0.25) is 0 Å². The Morgan fingerprint density at radius 2 is 1.86 bits per heavy atom. The largest absolute Gasteiger partial charge is 0.446 e. The SMILES string of the molecule is FC(F)(F)Sc1ccc(CNCC2CC3CCC2C3)cc1. The molecule has 5 heteroatoms. The average molecular weight is 315 g/mol. The molecule has 3 atom stereocenters. The molecule has 1 nitrogen and oxygen atoms in total. The predicted octanol–water partition coefficient (Wildman–Crippen LogP) is 4.82. The number of hydrogen-bond acceptors (Lipinski definition) is 2. The number of halogens is 3. The van der Waals surface area contributed by atoms with Gasteiger partial charge in [0.1, 0.15) is 0 Å². The maximum Gasteiger partial charge on any atom is 0.446 e. The van der Waals surface area contributed by atoms with Crippen molar-refractivity contribution in [3.63, 3.8) is 0 Å². The molecule has 0 aliphatic heterocycles. The molecule has 0 amide bonds. The van der Waals surface area contributed by atoms with Crippen LogP contribution in [0.1, 0.15) is 31.2 Å². The molecule has 0 saturated heterocycles. The summed E-state index contributed by atoms with van der Waals surface area (Å²) in [6.45, 7) is 1.78. The third kappa shape index (κ3) is 4.16. The van der Waals surface area contributed by atoms with Gasteiger partial charge in [-0.3, -0.25) is 0 Å². The predicted molar refractivity (Wildman–Crippen MR) is 79.0 cm³/mol. The number of benzene rings is 1. The van der Waals surface area contributed by atoms with E-state index in [-0.39, 0.29) is 16.7 Å². The Morgan fingerprint density at radius 1 is 1.10 bits per heavy atom. The van der Waals surface area contributed by atoms with Gasteiger partial charge in [-0.15, -0.1) is 0 Å². The topological polar surface area (TPSA) is 12.0 Å². The molecule has 0 heterocycles. The van der Waals surface area contributed by atoms with Crippen LogP contribution in [0.4, 0.5) is 13.2 Å². The van der Waals surface area contributed by atoms with Crippen molar-refractivity contribution in [2.75, 3.05) is 6.54 Å². The van der Waals surface area contributed by atoms with Gasteiger partial charge in [0.25, 0.3) is 0 Å². The van der Waals surface area contributed by atoms with Crippen LogP contribution in [0.3, 0.4) is 0 Å². The first-order valence-electron chi connectivity index (χ1n) is 7.55. The molecule has 2 bridgehead atoms. The van der Waals surface area contributed by atoms with Crippen LogP contribution in [0.15, 0.2) is 29.2 Å². The van der Waals surface area contributed by atoms with Crippen molar-refractivity contribution < 1.29 is 13.2 Å². The molecule has 2 aliphatic rings. The van der Waals surface area contributed by atoms with Crippen molar-refractivity contribution in [2.45, 2.75) is 42.6 Å². The van der Waals surface area contributed by atoms with Crippen LogP contribution in [-0.4, -0.2) is 12.1 Å².